The lowest BCUT2D eigenvalue weighted by molar-refractivity contribution is 0.243. The Bertz CT molecular complexity index is 691. The summed E-state index contributed by atoms with van der Waals surface area (Å²) in [6, 6.07) is 14.6. The minimum atomic E-state index is -0.271. The molecule has 5 nitrogen and oxygen atoms in total. The fourth-order valence-electron chi connectivity index (χ4n) is 2.38. The van der Waals surface area contributed by atoms with Crippen LogP contribution < -0.4 is 15.4 Å². The van der Waals surface area contributed by atoms with Crippen LogP contribution in [0, 0.1) is 0 Å². The number of carbonyl (C=O) groups is 1. The van der Waals surface area contributed by atoms with Gasteiger partial charge in [-0.25, -0.2) is 4.79 Å². The van der Waals surface area contributed by atoms with Crippen molar-refractivity contribution in [1.29, 1.82) is 0 Å². The van der Waals surface area contributed by atoms with Crippen LogP contribution in [-0.2, 0) is 0 Å². The molecule has 0 fully saturated rings. The minimum Gasteiger partial charge on any atom is -0.497 e. The van der Waals surface area contributed by atoms with Crippen LogP contribution in [-0.4, -0.2) is 38.7 Å². The Morgan fingerprint density at radius 2 is 1.96 bits per heavy atom. The van der Waals surface area contributed by atoms with Gasteiger partial charge in [0, 0.05) is 17.3 Å². The summed E-state index contributed by atoms with van der Waals surface area (Å²) in [5, 5.41) is 6.24. The van der Waals surface area contributed by atoms with Crippen molar-refractivity contribution in [2.45, 2.75) is 6.04 Å². The molecule has 24 heavy (non-hydrogen) atoms. The summed E-state index contributed by atoms with van der Waals surface area (Å²) in [5.74, 6) is 0.794. The van der Waals surface area contributed by atoms with Crippen molar-refractivity contribution in [2.24, 2.45) is 0 Å². The van der Waals surface area contributed by atoms with Gasteiger partial charge in [-0.05, 0) is 50.0 Å². The number of anilines is 1. The maximum Gasteiger partial charge on any atom is 0.319 e. The number of likely N-dealkylation sites (N-methyl/N-ethyl adjacent to an activating group) is 1. The second-order valence-electron chi connectivity index (χ2n) is 5.60. The second kappa shape index (κ2) is 8.57. The molecular weight excluding hydrogens is 326 g/mol. The van der Waals surface area contributed by atoms with Crippen molar-refractivity contribution in [3.8, 4) is 5.75 Å². The molecule has 2 aromatic carbocycles. The van der Waals surface area contributed by atoms with Crippen LogP contribution in [0.5, 0.6) is 5.75 Å². The molecule has 0 radical (unpaired) electrons. The lowest BCUT2D eigenvalue weighted by Gasteiger charge is -2.25. The molecule has 0 bridgehead atoms. The third kappa shape index (κ3) is 5.15. The summed E-state index contributed by atoms with van der Waals surface area (Å²) in [6.07, 6.45) is 0. The largest absolute Gasteiger partial charge is 0.497 e. The van der Waals surface area contributed by atoms with Crippen molar-refractivity contribution in [3.05, 3.63) is 59.1 Å². The highest BCUT2D eigenvalue weighted by molar-refractivity contribution is 6.30. The summed E-state index contributed by atoms with van der Waals surface area (Å²) < 4.78 is 5.27. The van der Waals surface area contributed by atoms with E-state index in [0.717, 1.165) is 11.3 Å². The van der Waals surface area contributed by atoms with Crippen LogP contribution >= 0.6 is 11.6 Å². The zero-order valence-electron chi connectivity index (χ0n) is 14.0. The van der Waals surface area contributed by atoms with Gasteiger partial charge in [0.2, 0.25) is 0 Å². The summed E-state index contributed by atoms with van der Waals surface area (Å²) in [6.45, 7) is 0.465. The van der Waals surface area contributed by atoms with Crippen LogP contribution in [0.4, 0.5) is 10.5 Å². The van der Waals surface area contributed by atoms with Crippen molar-refractivity contribution in [3.63, 3.8) is 0 Å². The lowest BCUT2D eigenvalue weighted by atomic mass is 10.1. The number of carbonyl (C=O) groups excluding carboxylic acids is 1. The van der Waals surface area contributed by atoms with E-state index >= 15 is 0 Å². The molecule has 2 amide bonds. The molecule has 128 valence electrons. The molecule has 0 aliphatic rings. The molecular formula is C18H22ClN3O2. The fourth-order valence-corrected chi connectivity index (χ4v) is 2.57. The Morgan fingerprint density at radius 1 is 1.21 bits per heavy atom. The van der Waals surface area contributed by atoms with E-state index in [0.29, 0.717) is 17.3 Å². The first-order valence-electron chi connectivity index (χ1n) is 7.60. The van der Waals surface area contributed by atoms with Gasteiger partial charge in [0.15, 0.2) is 0 Å². The van der Waals surface area contributed by atoms with Crippen molar-refractivity contribution >= 4 is 23.3 Å². The summed E-state index contributed by atoms with van der Waals surface area (Å²) in [5.41, 5.74) is 1.73. The van der Waals surface area contributed by atoms with Crippen LogP contribution in [0.15, 0.2) is 48.5 Å². The summed E-state index contributed by atoms with van der Waals surface area (Å²) in [4.78, 5) is 14.1. The molecule has 0 aliphatic heterocycles. The van der Waals surface area contributed by atoms with Gasteiger partial charge in [0.1, 0.15) is 5.75 Å². The summed E-state index contributed by atoms with van der Waals surface area (Å²) >= 11 is 5.92. The SMILES string of the molecule is COc1cccc([C@@H](CNC(=O)Nc2cccc(Cl)c2)N(C)C)c1. The molecule has 0 saturated heterocycles. The van der Waals surface area contributed by atoms with E-state index in [2.05, 4.69) is 15.5 Å². The highest BCUT2D eigenvalue weighted by Gasteiger charge is 2.16. The Labute approximate surface area is 147 Å². The van der Waals surface area contributed by atoms with E-state index in [1.54, 1.807) is 31.4 Å². The highest BCUT2D eigenvalue weighted by Crippen LogP contribution is 2.22. The number of ether oxygens (including phenoxy) is 1. The van der Waals surface area contributed by atoms with Gasteiger partial charge < -0.3 is 20.3 Å². The van der Waals surface area contributed by atoms with Gasteiger partial charge in [-0.2, -0.15) is 0 Å². The highest BCUT2D eigenvalue weighted by atomic mass is 35.5. The zero-order chi connectivity index (χ0) is 17.5. The predicted octanol–water partition coefficient (Wildman–Crippen LogP) is 3.77. The third-order valence-corrected chi connectivity index (χ3v) is 3.88. The molecule has 0 saturated carbocycles. The van der Waals surface area contributed by atoms with Gasteiger partial charge in [0.05, 0.1) is 13.2 Å². The number of hydrogen-bond donors (Lipinski definition) is 2. The van der Waals surface area contributed by atoms with Crippen LogP contribution in [0.1, 0.15) is 11.6 Å². The number of hydrogen-bond acceptors (Lipinski definition) is 3. The average Bonchev–Trinajstić information content (AvgIpc) is 2.55. The van der Waals surface area contributed by atoms with E-state index in [1.807, 2.05) is 38.4 Å². The molecule has 0 spiro atoms. The van der Waals surface area contributed by atoms with Gasteiger partial charge in [-0.1, -0.05) is 29.8 Å². The second-order valence-corrected chi connectivity index (χ2v) is 6.04. The number of urea groups is 1. The Balaban J connectivity index is 1.99. The fraction of sp³-hybridized carbons (Fsp3) is 0.278. The first-order chi connectivity index (χ1) is 11.5. The molecule has 0 heterocycles. The Hall–Kier alpha value is -2.24. The number of rotatable bonds is 6. The first-order valence-corrected chi connectivity index (χ1v) is 7.98. The van der Waals surface area contributed by atoms with Gasteiger partial charge >= 0.3 is 6.03 Å². The topological polar surface area (TPSA) is 53.6 Å². The van der Waals surface area contributed by atoms with E-state index in [4.69, 9.17) is 16.3 Å². The number of methoxy groups -OCH3 is 1. The molecule has 2 N–H and O–H groups in total. The minimum absolute atomic E-state index is 0.0326. The average molecular weight is 348 g/mol. The number of nitrogens with zero attached hydrogens (tertiary/aromatic N) is 1. The van der Waals surface area contributed by atoms with Crippen molar-refractivity contribution in [1.82, 2.24) is 10.2 Å². The zero-order valence-corrected chi connectivity index (χ0v) is 14.8. The number of halogens is 1. The molecule has 2 aromatic rings. The normalized spacial score (nSPS) is 11.9. The predicted molar refractivity (Wildman–Crippen MR) is 97.9 cm³/mol. The van der Waals surface area contributed by atoms with Gasteiger partial charge in [0.25, 0.3) is 0 Å². The van der Waals surface area contributed by atoms with E-state index in [1.165, 1.54) is 0 Å². The molecule has 1 atom stereocenters. The van der Waals surface area contributed by atoms with Crippen LogP contribution in [0.3, 0.4) is 0 Å². The Kier molecular flexibility index (Phi) is 6.46. The van der Waals surface area contributed by atoms with Gasteiger partial charge in [-0.15, -0.1) is 0 Å². The van der Waals surface area contributed by atoms with E-state index in [-0.39, 0.29) is 12.1 Å². The maximum atomic E-state index is 12.1. The number of amides is 2. The molecule has 0 unspecified atom stereocenters. The molecule has 2 rings (SSSR count). The van der Waals surface area contributed by atoms with Crippen molar-refractivity contribution in [2.75, 3.05) is 33.1 Å². The summed E-state index contributed by atoms with van der Waals surface area (Å²) in [7, 11) is 5.59. The number of benzene rings is 2. The Morgan fingerprint density at radius 3 is 2.62 bits per heavy atom. The van der Waals surface area contributed by atoms with Gasteiger partial charge in [-0.3, -0.25) is 0 Å². The van der Waals surface area contributed by atoms with E-state index in [9.17, 15) is 4.79 Å². The molecule has 6 heteroatoms. The quantitative estimate of drug-likeness (QED) is 0.836. The molecule has 0 aliphatic carbocycles. The van der Waals surface area contributed by atoms with Crippen LogP contribution in [0.2, 0.25) is 5.02 Å². The monoisotopic (exact) mass is 347 g/mol. The first kappa shape index (κ1) is 18.1. The smallest absolute Gasteiger partial charge is 0.319 e. The third-order valence-electron chi connectivity index (χ3n) is 3.64. The van der Waals surface area contributed by atoms with Crippen molar-refractivity contribution < 1.29 is 9.53 Å². The van der Waals surface area contributed by atoms with E-state index < -0.39 is 0 Å². The van der Waals surface area contributed by atoms with Crippen LogP contribution in [0.25, 0.3) is 0 Å². The standard InChI is InChI=1S/C18H22ClN3O2/c1-22(2)17(13-6-4-9-16(10-13)24-3)12-20-18(23)21-15-8-5-7-14(19)11-15/h4-11,17H,12H2,1-3H3,(H2,20,21,23)/t17-/m1/s1. The lowest BCUT2D eigenvalue weighted by Crippen LogP contribution is -2.36. The number of nitrogens with one attached hydrogen (secondary N) is 2. The maximum absolute atomic E-state index is 12.1. The molecule has 0 aromatic heterocycles.